The first kappa shape index (κ1) is 25.8. The molecule has 0 bridgehead atoms. The molecule has 2 amide bonds. The number of nitrogens with one attached hydrogen (secondary N) is 2. The van der Waals surface area contributed by atoms with Gasteiger partial charge in [0.2, 0.25) is 0 Å². The van der Waals surface area contributed by atoms with Crippen molar-refractivity contribution in [3.05, 3.63) is 82.4 Å². The predicted octanol–water partition coefficient (Wildman–Crippen LogP) is 4.00. The van der Waals surface area contributed by atoms with Crippen LogP contribution in [-0.2, 0) is 4.74 Å². The van der Waals surface area contributed by atoms with Gasteiger partial charge in [0.15, 0.2) is 0 Å². The average molecular weight is 492 g/mol. The first-order valence-corrected chi connectivity index (χ1v) is 10.6. The van der Waals surface area contributed by atoms with Crippen LogP contribution in [0.15, 0.2) is 54.6 Å². The molecule has 0 saturated heterocycles. The summed E-state index contributed by atoms with van der Waals surface area (Å²) in [6.07, 6.45) is 0. The van der Waals surface area contributed by atoms with Crippen molar-refractivity contribution in [3.8, 4) is 11.5 Å². The van der Waals surface area contributed by atoms with Gasteiger partial charge in [0.1, 0.15) is 11.5 Å². The first-order chi connectivity index (χ1) is 17.2. The summed E-state index contributed by atoms with van der Waals surface area (Å²) in [5.74, 6) is -2.05. The molecule has 0 heterocycles. The molecule has 186 valence electrons. The fraction of sp³-hybridized carbons (Fsp3) is 0.154. The normalized spacial score (nSPS) is 10.2. The molecular weight excluding hydrogens is 468 g/mol. The molecule has 0 fully saturated rings. The molecule has 10 nitrogen and oxygen atoms in total. The van der Waals surface area contributed by atoms with Gasteiger partial charge in [-0.05, 0) is 67.1 Å². The zero-order valence-electron chi connectivity index (χ0n) is 20.0. The Morgan fingerprint density at radius 1 is 0.722 bits per heavy atom. The molecule has 0 spiro atoms. The lowest BCUT2D eigenvalue weighted by Gasteiger charge is -2.15. The number of hydrogen-bond donors (Lipinski definition) is 3. The summed E-state index contributed by atoms with van der Waals surface area (Å²) in [6.45, 7) is 1.57. The van der Waals surface area contributed by atoms with Crippen LogP contribution in [0, 0.1) is 6.92 Å². The summed E-state index contributed by atoms with van der Waals surface area (Å²) in [7, 11) is 4.09. The third-order valence-electron chi connectivity index (χ3n) is 5.39. The molecule has 0 saturated carbocycles. The Labute approximate surface area is 206 Å². The Hall–Kier alpha value is -4.86. The Bertz CT molecular complexity index is 1330. The van der Waals surface area contributed by atoms with Crippen LogP contribution in [-0.4, -0.2) is 50.2 Å². The highest BCUT2D eigenvalue weighted by Crippen LogP contribution is 2.31. The van der Waals surface area contributed by atoms with E-state index in [1.807, 2.05) is 0 Å². The van der Waals surface area contributed by atoms with Crippen molar-refractivity contribution in [2.24, 2.45) is 0 Å². The zero-order chi connectivity index (χ0) is 26.4. The van der Waals surface area contributed by atoms with Gasteiger partial charge < -0.3 is 30.0 Å². The smallest absolute Gasteiger partial charge is 0.337 e. The molecule has 0 aliphatic rings. The maximum absolute atomic E-state index is 12.8. The number of ether oxygens (including phenoxy) is 3. The van der Waals surface area contributed by atoms with Crippen LogP contribution in [0.3, 0.4) is 0 Å². The maximum Gasteiger partial charge on any atom is 0.337 e. The molecule has 36 heavy (non-hydrogen) atoms. The SMILES string of the molecule is COC(=O)c1ccc(OC)c(NC(=O)c2ccc(C(=O)Nc3c(OC)ccc(C(=O)O)c3C)cc2)c1. The zero-order valence-corrected chi connectivity index (χ0v) is 20.0. The molecule has 0 aliphatic heterocycles. The van der Waals surface area contributed by atoms with E-state index in [1.165, 1.54) is 75.9 Å². The van der Waals surface area contributed by atoms with Gasteiger partial charge in [-0.25, -0.2) is 9.59 Å². The molecule has 0 radical (unpaired) electrons. The van der Waals surface area contributed by atoms with E-state index in [0.717, 1.165) is 0 Å². The first-order valence-electron chi connectivity index (χ1n) is 10.6. The van der Waals surface area contributed by atoms with Crippen molar-refractivity contribution in [3.63, 3.8) is 0 Å². The van der Waals surface area contributed by atoms with Gasteiger partial charge in [0.25, 0.3) is 11.8 Å². The second-order valence-corrected chi connectivity index (χ2v) is 7.51. The van der Waals surface area contributed by atoms with E-state index in [4.69, 9.17) is 14.2 Å². The van der Waals surface area contributed by atoms with E-state index in [-0.39, 0.29) is 33.6 Å². The number of carboxylic acids is 1. The summed E-state index contributed by atoms with van der Waals surface area (Å²) >= 11 is 0. The fourth-order valence-electron chi connectivity index (χ4n) is 3.45. The third-order valence-corrected chi connectivity index (χ3v) is 5.39. The predicted molar refractivity (Wildman–Crippen MR) is 131 cm³/mol. The summed E-state index contributed by atoms with van der Waals surface area (Å²) in [5, 5.41) is 14.7. The van der Waals surface area contributed by atoms with Crippen LogP contribution < -0.4 is 20.1 Å². The number of carbonyl (C=O) groups is 4. The van der Waals surface area contributed by atoms with Crippen molar-refractivity contribution < 1.29 is 38.5 Å². The molecule has 0 unspecified atom stereocenters. The lowest BCUT2D eigenvalue weighted by Crippen LogP contribution is -2.16. The number of hydrogen-bond acceptors (Lipinski definition) is 7. The number of anilines is 2. The monoisotopic (exact) mass is 492 g/mol. The van der Waals surface area contributed by atoms with E-state index in [2.05, 4.69) is 10.6 Å². The fourth-order valence-corrected chi connectivity index (χ4v) is 3.45. The van der Waals surface area contributed by atoms with Crippen molar-refractivity contribution in [1.29, 1.82) is 0 Å². The highest BCUT2D eigenvalue weighted by molar-refractivity contribution is 6.09. The number of amides is 2. The lowest BCUT2D eigenvalue weighted by atomic mass is 10.0. The van der Waals surface area contributed by atoms with E-state index in [9.17, 15) is 24.3 Å². The van der Waals surface area contributed by atoms with Crippen molar-refractivity contribution in [2.75, 3.05) is 32.0 Å². The average Bonchev–Trinajstić information content (AvgIpc) is 2.88. The number of methoxy groups -OCH3 is 3. The molecule has 3 aromatic rings. The highest BCUT2D eigenvalue weighted by Gasteiger charge is 2.19. The quantitative estimate of drug-likeness (QED) is 0.401. The standard InChI is InChI=1S/C26H24N2O8/c1-14-18(25(31)32)10-12-21(35-3)22(14)28-24(30)16-7-5-15(6-8-16)23(29)27-19-13-17(26(33)36-4)9-11-20(19)34-2/h5-13H,1-4H3,(H,27,29)(H,28,30)(H,31,32). The topological polar surface area (TPSA) is 140 Å². The van der Waals surface area contributed by atoms with Gasteiger partial charge in [0, 0.05) is 11.1 Å². The van der Waals surface area contributed by atoms with E-state index < -0.39 is 23.8 Å². The van der Waals surface area contributed by atoms with Gasteiger partial charge in [-0.15, -0.1) is 0 Å². The molecule has 0 aromatic heterocycles. The molecule has 0 atom stereocenters. The Morgan fingerprint density at radius 2 is 1.25 bits per heavy atom. The van der Waals surface area contributed by atoms with Crippen molar-refractivity contribution in [2.45, 2.75) is 6.92 Å². The molecule has 0 aliphatic carbocycles. The lowest BCUT2D eigenvalue weighted by molar-refractivity contribution is 0.0599. The minimum Gasteiger partial charge on any atom is -0.495 e. The van der Waals surface area contributed by atoms with Gasteiger partial charge in [-0.1, -0.05) is 0 Å². The molecule has 10 heteroatoms. The van der Waals surface area contributed by atoms with E-state index in [1.54, 1.807) is 6.92 Å². The van der Waals surface area contributed by atoms with Crippen molar-refractivity contribution >= 4 is 35.1 Å². The number of benzene rings is 3. The second-order valence-electron chi connectivity index (χ2n) is 7.51. The second kappa shape index (κ2) is 11.0. The molecular formula is C26H24N2O8. The van der Waals surface area contributed by atoms with Crippen LogP contribution >= 0.6 is 0 Å². The summed E-state index contributed by atoms with van der Waals surface area (Å²) in [5.41, 5.74) is 1.60. The van der Waals surface area contributed by atoms with E-state index >= 15 is 0 Å². The van der Waals surface area contributed by atoms with Gasteiger partial charge >= 0.3 is 11.9 Å². The Morgan fingerprint density at radius 3 is 1.78 bits per heavy atom. The Balaban J connectivity index is 1.80. The summed E-state index contributed by atoms with van der Waals surface area (Å²) < 4.78 is 15.2. The number of rotatable bonds is 8. The number of carbonyl (C=O) groups excluding carboxylic acids is 3. The summed E-state index contributed by atoms with van der Waals surface area (Å²) in [4.78, 5) is 48.9. The van der Waals surface area contributed by atoms with Crippen LogP contribution in [0.25, 0.3) is 0 Å². The van der Waals surface area contributed by atoms with Crippen LogP contribution in [0.4, 0.5) is 11.4 Å². The van der Waals surface area contributed by atoms with Crippen LogP contribution in [0.2, 0.25) is 0 Å². The molecule has 3 N–H and O–H groups in total. The van der Waals surface area contributed by atoms with E-state index in [0.29, 0.717) is 17.1 Å². The highest BCUT2D eigenvalue weighted by atomic mass is 16.5. The number of aromatic carboxylic acids is 1. The van der Waals surface area contributed by atoms with Crippen LogP contribution in [0.1, 0.15) is 47.0 Å². The minimum atomic E-state index is -1.13. The minimum absolute atomic E-state index is 0.0322. The van der Waals surface area contributed by atoms with Gasteiger partial charge in [0.05, 0.1) is 43.8 Å². The largest absolute Gasteiger partial charge is 0.495 e. The third kappa shape index (κ3) is 5.44. The maximum atomic E-state index is 12.8. The summed E-state index contributed by atoms with van der Waals surface area (Å²) in [6, 6.07) is 13.2. The van der Waals surface area contributed by atoms with Gasteiger partial charge in [-0.2, -0.15) is 0 Å². The molecule has 3 aromatic carbocycles. The Kier molecular flexibility index (Phi) is 7.90. The number of carboxylic acid groups (broad SMARTS) is 1. The van der Waals surface area contributed by atoms with Gasteiger partial charge in [-0.3, -0.25) is 9.59 Å². The number of esters is 1. The molecule has 3 rings (SSSR count). The van der Waals surface area contributed by atoms with Crippen molar-refractivity contribution in [1.82, 2.24) is 0 Å². The van der Waals surface area contributed by atoms with Crippen LogP contribution in [0.5, 0.6) is 11.5 Å².